The molecule has 1 fully saturated rings. The zero-order valence-corrected chi connectivity index (χ0v) is 15.6. The Kier molecular flexibility index (Phi) is 6.79. The van der Waals surface area contributed by atoms with E-state index >= 15 is 0 Å². The van der Waals surface area contributed by atoms with Crippen LogP contribution in [-0.2, 0) is 19.3 Å². The number of alkyl halides is 1. The summed E-state index contributed by atoms with van der Waals surface area (Å²) in [5, 5.41) is 0. The first-order valence-electron chi connectivity index (χ1n) is 8.98. The maximum atomic E-state index is 4.02. The van der Waals surface area contributed by atoms with Crippen molar-refractivity contribution in [2.75, 3.05) is 0 Å². The van der Waals surface area contributed by atoms with Gasteiger partial charge in [-0.05, 0) is 60.3 Å². The Balaban J connectivity index is 2.15. The topological polar surface area (TPSA) is 0 Å². The molecule has 0 aliphatic heterocycles. The van der Waals surface area contributed by atoms with Gasteiger partial charge < -0.3 is 0 Å². The van der Waals surface area contributed by atoms with Gasteiger partial charge in [0.15, 0.2) is 0 Å². The first-order chi connectivity index (χ1) is 10.2. The molecule has 1 heteroatoms. The molecule has 1 aliphatic rings. The summed E-state index contributed by atoms with van der Waals surface area (Å²) in [7, 11) is 0. The van der Waals surface area contributed by atoms with Gasteiger partial charge in [0.2, 0.25) is 0 Å². The van der Waals surface area contributed by atoms with E-state index in [0.29, 0.717) is 4.83 Å². The van der Waals surface area contributed by atoms with Crippen LogP contribution in [-0.4, -0.2) is 0 Å². The summed E-state index contributed by atoms with van der Waals surface area (Å²) in [5.41, 5.74) is 6.25. The lowest BCUT2D eigenvalue weighted by molar-refractivity contribution is 0.482. The van der Waals surface area contributed by atoms with Gasteiger partial charge in [-0.1, -0.05) is 74.5 Å². The van der Waals surface area contributed by atoms with Gasteiger partial charge in [-0.25, -0.2) is 0 Å². The number of hydrogen-bond donors (Lipinski definition) is 0. The molecule has 1 aromatic rings. The lowest BCUT2D eigenvalue weighted by Crippen LogP contribution is -2.05. The van der Waals surface area contributed by atoms with E-state index in [-0.39, 0.29) is 0 Å². The van der Waals surface area contributed by atoms with Gasteiger partial charge in [-0.3, -0.25) is 0 Å². The second-order valence-electron chi connectivity index (χ2n) is 6.58. The van der Waals surface area contributed by atoms with Crippen LogP contribution in [0, 0.1) is 5.92 Å². The molecular weight excluding hydrogens is 320 g/mol. The highest BCUT2D eigenvalue weighted by Crippen LogP contribution is 2.38. The molecule has 1 atom stereocenters. The normalized spacial score (nSPS) is 17.3. The van der Waals surface area contributed by atoms with Crippen molar-refractivity contribution >= 4 is 15.9 Å². The second-order valence-corrected chi connectivity index (χ2v) is 7.69. The van der Waals surface area contributed by atoms with Crippen LogP contribution < -0.4 is 0 Å². The zero-order valence-electron chi connectivity index (χ0n) is 14.1. The third kappa shape index (κ3) is 4.34. The fourth-order valence-corrected chi connectivity index (χ4v) is 4.72. The molecule has 1 unspecified atom stereocenters. The standard InChI is InChI=1S/C20H31Br/c1-4-15-13-17(5-2)20(18(6-3)14-15)19(21)12-11-16-9-7-8-10-16/h13-14,16,19H,4-12H2,1-3H3. The largest absolute Gasteiger partial charge is 0.0839 e. The van der Waals surface area contributed by atoms with Crippen molar-refractivity contribution in [1.29, 1.82) is 0 Å². The Bertz CT molecular complexity index is 418. The molecule has 1 aromatic carbocycles. The summed E-state index contributed by atoms with van der Waals surface area (Å²) in [6.07, 6.45) is 12.0. The van der Waals surface area contributed by atoms with Crippen LogP contribution in [0.4, 0.5) is 0 Å². The molecule has 0 nitrogen and oxygen atoms in total. The molecular formula is C20H31Br. The van der Waals surface area contributed by atoms with Crippen LogP contribution >= 0.6 is 15.9 Å². The molecule has 0 heterocycles. The average Bonchev–Trinajstić information content (AvgIpc) is 3.04. The molecule has 0 bridgehead atoms. The van der Waals surface area contributed by atoms with Gasteiger partial charge in [-0.15, -0.1) is 0 Å². The quantitative estimate of drug-likeness (QED) is 0.475. The van der Waals surface area contributed by atoms with Crippen molar-refractivity contribution < 1.29 is 0 Å². The maximum Gasteiger partial charge on any atom is 0.0400 e. The minimum atomic E-state index is 0.550. The van der Waals surface area contributed by atoms with Crippen LogP contribution in [0.3, 0.4) is 0 Å². The molecule has 2 rings (SSSR count). The highest BCUT2D eigenvalue weighted by molar-refractivity contribution is 9.09. The summed E-state index contributed by atoms with van der Waals surface area (Å²) in [6.45, 7) is 6.86. The minimum Gasteiger partial charge on any atom is -0.0839 e. The third-order valence-electron chi connectivity index (χ3n) is 5.20. The van der Waals surface area contributed by atoms with Gasteiger partial charge in [0.05, 0.1) is 0 Å². The van der Waals surface area contributed by atoms with Gasteiger partial charge in [-0.2, -0.15) is 0 Å². The average molecular weight is 351 g/mol. The number of hydrogen-bond acceptors (Lipinski definition) is 0. The maximum absolute atomic E-state index is 4.02. The number of aryl methyl sites for hydroxylation is 3. The lowest BCUT2D eigenvalue weighted by Gasteiger charge is -2.21. The summed E-state index contributed by atoms with van der Waals surface area (Å²) in [5.74, 6) is 0.995. The van der Waals surface area contributed by atoms with Crippen LogP contribution in [0.15, 0.2) is 12.1 Å². The minimum absolute atomic E-state index is 0.550. The van der Waals surface area contributed by atoms with Crippen molar-refractivity contribution in [2.45, 2.75) is 83.4 Å². The highest BCUT2D eigenvalue weighted by atomic mass is 79.9. The Labute approximate surface area is 139 Å². The number of halogens is 1. The fourth-order valence-electron chi connectivity index (χ4n) is 3.87. The predicted molar refractivity (Wildman–Crippen MR) is 97.4 cm³/mol. The third-order valence-corrected chi connectivity index (χ3v) is 6.11. The number of benzene rings is 1. The molecule has 0 saturated heterocycles. The lowest BCUT2D eigenvalue weighted by atomic mass is 9.89. The first-order valence-corrected chi connectivity index (χ1v) is 9.89. The Morgan fingerprint density at radius 2 is 1.57 bits per heavy atom. The smallest absolute Gasteiger partial charge is 0.0400 e. The molecule has 1 aliphatic carbocycles. The highest BCUT2D eigenvalue weighted by Gasteiger charge is 2.20. The summed E-state index contributed by atoms with van der Waals surface area (Å²) in [6, 6.07) is 4.89. The Hall–Kier alpha value is -0.300. The molecule has 0 amide bonds. The van der Waals surface area contributed by atoms with Crippen molar-refractivity contribution in [1.82, 2.24) is 0 Å². The summed E-state index contributed by atoms with van der Waals surface area (Å²) >= 11 is 4.02. The molecule has 0 radical (unpaired) electrons. The van der Waals surface area contributed by atoms with E-state index in [2.05, 4.69) is 48.8 Å². The molecule has 0 N–H and O–H groups in total. The van der Waals surface area contributed by atoms with Crippen LogP contribution in [0.25, 0.3) is 0 Å². The molecule has 0 spiro atoms. The molecule has 1 saturated carbocycles. The van der Waals surface area contributed by atoms with Crippen LogP contribution in [0.1, 0.15) is 86.4 Å². The first kappa shape index (κ1) is 17.1. The zero-order chi connectivity index (χ0) is 15.2. The van der Waals surface area contributed by atoms with Gasteiger partial charge in [0.25, 0.3) is 0 Å². The van der Waals surface area contributed by atoms with Crippen molar-refractivity contribution in [2.24, 2.45) is 5.92 Å². The number of rotatable bonds is 7. The van der Waals surface area contributed by atoms with E-state index in [0.717, 1.165) is 25.2 Å². The van der Waals surface area contributed by atoms with E-state index < -0.39 is 0 Å². The van der Waals surface area contributed by atoms with E-state index in [1.54, 1.807) is 16.7 Å². The monoisotopic (exact) mass is 350 g/mol. The molecule has 118 valence electrons. The van der Waals surface area contributed by atoms with Crippen molar-refractivity contribution in [3.63, 3.8) is 0 Å². The summed E-state index contributed by atoms with van der Waals surface area (Å²) in [4.78, 5) is 0.550. The predicted octanol–water partition coefficient (Wildman–Crippen LogP) is 6.78. The Morgan fingerprint density at radius 3 is 2.05 bits per heavy atom. The Morgan fingerprint density at radius 1 is 1.00 bits per heavy atom. The SMILES string of the molecule is CCc1cc(CC)c(C(Br)CCC2CCCC2)c(CC)c1. The van der Waals surface area contributed by atoms with E-state index in [1.807, 2.05) is 0 Å². The van der Waals surface area contributed by atoms with E-state index in [4.69, 9.17) is 0 Å². The van der Waals surface area contributed by atoms with Crippen molar-refractivity contribution in [3.8, 4) is 0 Å². The summed E-state index contributed by atoms with van der Waals surface area (Å²) < 4.78 is 0. The van der Waals surface area contributed by atoms with E-state index in [9.17, 15) is 0 Å². The van der Waals surface area contributed by atoms with Crippen molar-refractivity contribution in [3.05, 3.63) is 34.4 Å². The van der Waals surface area contributed by atoms with Crippen LogP contribution in [0.5, 0.6) is 0 Å². The van der Waals surface area contributed by atoms with Crippen LogP contribution in [0.2, 0.25) is 0 Å². The van der Waals surface area contributed by atoms with Gasteiger partial charge in [0, 0.05) is 4.83 Å². The van der Waals surface area contributed by atoms with E-state index in [1.165, 1.54) is 44.1 Å². The molecule has 0 aromatic heterocycles. The fraction of sp³-hybridized carbons (Fsp3) is 0.700. The molecule has 21 heavy (non-hydrogen) atoms. The van der Waals surface area contributed by atoms with Gasteiger partial charge in [0.1, 0.15) is 0 Å². The van der Waals surface area contributed by atoms with Gasteiger partial charge >= 0.3 is 0 Å². The second kappa shape index (κ2) is 8.36.